The maximum Gasteiger partial charge on any atom is 0.0484 e. The summed E-state index contributed by atoms with van der Waals surface area (Å²) in [5.74, 6) is 0.575. The van der Waals surface area contributed by atoms with E-state index in [1.54, 1.807) is 0 Å². The second kappa shape index (κ2) is 4.38. The molecule has 0 spiro atoms. The molecular formula is C14H19ClO. The molecular weight excluding hydrogens is 220 g/mol. The van der Waals surface area contributed by atoms with Gasteiger partial charge in [0.25, 0.3) is 0 Å². The Bertz CT molecular complexity index is 384. The lowest BCUT2D eigenvalue weighted by Crippen LogP contribution is -2.32. The zero-order chi connectivity index (χ0) is 11.8. The highest BCUT2D eigenvalue weighted by molar-refractivity contribution is 6.30. The first-order chi connectivity index (χ1) is 7.53. The Morgan fingerprint density at radius 3 is 2.81 bits per heavy atom. The molecule has 1 aromatic rings. The van der Waals surface area contributed by atoms with E-state index in [0.29, 0.717) is 5.92 Å². The summed E-state index contributed by atoms with van der Waals surface area (Å²) in [6, 6.07) is 6.19. The number of aliphatic hydroxyl groups is 1. The Hall–Kier alpha value is -0.530. The molecule has 0 radical (unpaired) electrons. The summed E-state index contributed by atoms with van der Waals surface area (Å²) in [5.41, 5.74) is 2.82. The van der Waals surface area contributed by atoms with Crippen LogP contribution in [0.3, 0.4) is 0 Å². The van der Waals surface area contributed by atoms with Gasteiger partial charge in [-0.2, -0.15) is 0 Å². The third-order valence-electron chi connectivity index (χ3n) is 3.91. The topological polar surface area (TPSA) is 20.2 Å². The largest absolute Gasteiger partial charge is 0.396 e. The molecule has 16 heavy (non-hydrogen) atoms. The molecule has 0 bridgehead atoms. The van der Waals surface area contributed by atoms with Crippen LogP contribution in [0.5, 0.6) is 0 Å². The fourth-order valence-corrected chi connectivity index (χ4v) is 2.71. The number of fused-ring (bicyclic) bond motifs is 1. The number of hydrogen-bond donors (Lipinski definition) is 1. The molecule has 1 atom stereocenters. The number of aryl methyl sites for hydroxylation is 1. The number of rotatable bonds is 2. The first kappa shape index (κ1) is 11.9. The van der Waals surface area contributed by atoms with Crippen LogP contribution in [0.15, 0.2) is 18.2 Å². The molecule has 1 aliphatic carbocycles. The SMILES string of the molecule is CC(C)(CO)C1CCc2cc(Cl)ccc2C1. The van der Waals surface area contributed by atoms with Gasteiger partial charge in [0, 0.05) is 11.6 Å². The summed E-state index contributed by atoms with van der Waals surface area (Å²) < 4.78 is 0. The van der Waals surface area contributed by atoms with Crippen molar-refractivity contribution in [2.24, 2.45) is 11.3 Å². The van der Waals surface area contributed by atoms with E-state index in [-0.39, 0.29) is 12.0 Å². The van der Waals surface area contributed by atoms with E-state index in [1.807, 2.05) is 6.07 Å². The average molecular weight is 239 g/mol. The van der Waals surface area contributed by atoms with E-state index in [0.717, 1.165) is 24.3 Å². The first-order valence-electron chi connectivity index (χ1n) is 5.91. The highest BCUT2D eigenvalue weighted by atomic mass is 35.5. The van der Waals surface area contributed by atoms with Gasteiger partial charge in [-0.3, -0.25) is 0 Å². The van der Waals surface area contributed by atoms with E-state index in [9.17, 15) is 5.11 Å². The second-order valence-electron chi connectivity index (χ2n) is 5.50. The van der Waals surface area contributed by atoms with E-state index in [4.69, 9.17) is 11.6 Å². The molecule has 0 saturated carbocycles. The zero-order valence-electron chi connectivity index (χ0n) is 9.96. The third-order valence-corrected chi connectivity index (χ3v) is 4.14. The minimum atomic E-state index is 0.0251. The number of benzene rings is 1. The molecule has 0 saturated heterocycles. The number of aliphatic hydroxyl groups excluding tert-OH is 1. The van der Waals surface area contributed by atoms with E-state index in [2.05, 4.69) is 26.0 Å². The number of hydrogen-bond acceptors (Lipinski definition) is 1. The van der Waals surface area contributed by atoms with Gasteiger partial charge < -0.3 is 5.11 Å². The number of halogens is 1. The molecule has 1 unspecified atom stereocenters. The van der Waals surface area contributed by atoms with Crippen LogP contribution in [-0.2, 0) is 12.8 Å². The van der Waals surface area contributed by atoms with Gasteiger partial charge in [-0.25, -0.2) is 0 Å². The Labute approximate surface area is 102 Å². The highest BCUT2D eigenvalue weighted by Crippen LogP contribution is 2.37. The minimum Gasteiger partial charge on any atom is -0.396 e. The van der Waals surface area contributed by atoms with Crippen molar-refractivity contribution >= 4 is 11.6 Å². The molecule has 0 heterocycles. The quantitative estimate of drug-likeness (QED) is 0.837. The van der Waals surface area contributed by atoms with Gasteiger partial charge in [0.2, 0.25) is 0 Å². The molecule has 1 aliphatic rings. The van der Waals surface area contributed by atoms with Crippen molar-refractivity contribution in [2.45, 2.75) is 33.1 Å². The van der Waals surface area contributed by atoms with E-state index >= 15 is 0 Å². The molecule has 2 heteroatoms. The molecule has 1 nitrogen and oxygen atoms in total. The van der Waals surface area contributed by atoms with Crippen molar-refractivity contribution in [3.63, 3.8) is 0 Å². The van der Waals surface area contributed by atoms with Crippen molar-refractivity contribution in [1.29, 1.82) is 0 Å². The van der Waals surface area contributed by atoms with Gasteiger partial charge >= 0.3 is 0 Å². The first-order valence-corrected chi connectivity index (χ1v) is 6.29. The molecule has 0 fully saturated rings. The van der Waals surface area contributed by atoms with Crippen LogP contribution in [0.2, 0.25) is 5.02 Å². The smallest absolute Gasteiger partial charge is 0.0484 e. The van der Waals surface area contributed by atoms with Crippen LogP contribution in [0.1, 0.15) is 31.4 Å². The lowest BCUT2D eigenvalue weighted by atomic mass is 9.70. The predicted octanol–water partition coefficient (Wildman–Crippen LogP) is 3.46. The van der Waals surface area contributed by atoms with Gasteiger partial charge in [0.1, 0.15) is 0 Å². The maximum atomic E-state index is 9.42. The van der Waals surface area contributed by atoms with Crippen molar-refractivity contribution in [2.75, 3.05) is 6.61 Å². The van der Waals surface area contributed by atoms with Gasteiger partial charge in [0.15, 0.2) is 0 Å². The molecule has 1 N–H and O–H groups in total. The standard InChI is InChI=1S/C14H19ClO/c1-14(2,9-16)12-5-3-11-8-13(15)6-4-10(11)7-12/h4,6,8,12,16H,3,5,7,9H2,1-2H3. The summed E-state index contributed by atoms with van der Waals surface area (Å²) in [7, 11) is 0. The Kier molecular flexibility index (Phi) is 3.27. The van der Waals surface area contributed by atoms with Crippen LogP contribution in [0, 0.1) is 11.3 Å². The zero-order valence-corrected chi connectivity index (χ0v) is 10.7. The minimum absolute atomic E-state index is 0.0251. The van der Waals surface area contributed by atoms with Crippen LogP contribution < -0.4 is 0 Å². The normalized spacial score (nSPS) is 20.6. The fraction of sp³-hybridized carbons (Fsp3) is 0.571. The molecule has 2 rings (SSSR count). The van der Waals surface area contributed by atoms with Gasteiger partial charge in [-0.05, 0) is 53.9 Å². The van der Waals surface area contributed by atoms with Crippen molar-refractivity contribution in [3.8, 4) is 0 Å². The lowest BCUT2D eigenvalue weighted by molar-refractivity contribution is 0.0875. The monoisotopic (exact) mass is 238 g/mol. The molecule has 1 aromatic carbocycles. The third kappa shape index (κ3) is 2.26. The van der Waals surface area contributed by atoms with Crippen LogP contribution >= 0.6 is 11.6 Å². The Morgan fingerprint density at radius 2 is 2.12 bits per heavy atom. The van der Waals surface area contributed by atoms with Crippen molar-refractivity contribution in [3.05, 3.63) is 34.3 Å². The summed E-state index contributed by atoms with van der Waals surface area (Å²) >= 11 is 5.99. The summed E-state index contributed by atoms with van der Waals surface area (Å²) in [4.78, 5) is 0. The van der Waals surface area contributed by atoms with Crippen LogP contribution in [-0.4, -0.2) is 11.7 Å². The van der Waals surface area contributed by atoms with Crippen LogP contribution in [0.25, 0.3) is 0 Å². The lowest BCUT2D eigenvalue weighted by Gasteiger charge is -2.36. The molecule has 0 aromatic heterocycles. The highest BCUT2D eigenvalue weighted by Gasteiger charge is 2.31. The molecule has 88 valence electrons. The Morgan fingerprint density at radius 1 is 1.38 bits per heavy atom. The molecule has 0 amide bonds. The maximum absolute atomic E-state index is 9.42. The van der Waals surface area contributed by atoms with Gasteiger partial charge in [0.05, 0.1) is 0 Å². The van der Waals surface area contributed by atoms with Gasteiger partial charge in [-0.15, -0.1) is 0 Å². The summed E-state index contributed by atoms with van der Waals surface area (Å²) in [6.45, 7) is 4.57. The van der Waals surface area contributed by atoms with Gasteiger partial charge in [-0.1, -0.05) is 31.5 Å². The fourth-order valence-electron chi connectivity index (χ4n) is 2.52. The van der Waals surface area contributed by atoms with E-state index in [1.165, 1.54) is 11.1 Å². The summed E-state index contributed by atoms with van der Waals surface area (Å²) in [6.07, 6.45) is 3.31. The molecule has 0 aliphatic heterocycles. The van der Waals surface area contributed by atoms with Crippen LogP contribution in [0.4, 0.5) is 0 Å². The summed E-state index contributed by atoms with van der Waals surface area (Å²) in [5, 5.41) is 10.2. The Balaban J connectivity index is 2.21. The average Bonchev–Trinajstić information content (AvgIpc) is 2.28. The van der Waals surface area contributed by atoms with E-state index < -0.39 is 0 Å². The second-order valence-corrected chi connectivity index (χ2v) is 5.94. The van der Waals surface area contributed by atoms with Crippen molar-refractivity contribution in [1.82, 2.24) is 0 Å². The van der Waals surface area contributed by atoms with Crippen molar-refractivity contribution < 1.29 is 5.11 Å². The predicted molar refractivity (Wildman–Crippen MR) is 67.8 cm³/mol.